The molecule has 0 atom stereocenters. The van der Waals surface area contributed by atoms with E-state index in [-0.39, 0.29) is 6.42 Å². The number of ether oxygens (including phenoxy) is 1. The minimum Gasteiger partial charge on any atom is -0.489 e. The van der Waals surface area contributed by atoms with Crippen molar-refractivity contribution in [1.82, 2.24) is 0 Å². The SMILES string of the molecule is CCCCCCOC1=C(F)C(F)(F)C(F)(F)C1(F)F. The van der Waals surface area contributed by atoms with Crippen LogP contribution in [0, 0.1) is 0 Å². The van der Waals surface area contributed by atoms with Crippen LogP contribution in [0.15, 0.2) is 11.6 Å². The molecule has 0 amide bonds. The largest absolute Gasteiger partial charge is 0.489 e. The predicted molar refractivity (Wildman–Crippen MR) is 53.1 cm³/mol. The maximum absolute atomic E-state index is 13.1. The molecule has 1 aliphatic rings. The van der Waals surface area contributed by atoms with Crippen molar-refractivity contribution in [2.45, 2.75) is 50.4 Å². The molecule has 0 fully saturated rings. The summed E-state index contributed by atoms with van der Waals surface area (Å²) >= 11 is 0. The Balaban J connectivity index is 2.79. The second kappa shape index (κ2) is 5.20. The Morgan fingerprint density at radius 2 is 1.47 bits per heavy atom. The lowest BCUT2D eigenvalue weighted by Gasteiger charge is -2.24. The molecule has 0 aromatic rings. The first-order valence-electron chi connectivity index (χ1n) is 5.77. The van der Waals surface area contributed by atoms with Gasteiger partial charge in [0.05, 0.1) is 6.61 Å². The highest BCUT2D eigenvalue weighted by atomic mass is 19.3. The number of halogens is 7. The first-order chi connectivity index (χ1) is 8.60. The quantitative estimate of drug-likeness (QED) is 0.510. The summed E-state index contributed by atoms with van der Waals surface area (Å²) in [6.07, 6.45) is 2.30. The summed E-state index contributed by atoms with van der Waals surface area (Å²) in [7, 11) is 0. The maximum Gasteiger partial charge on any atom is 0.386 e. The van der Waals surface area contributed by atoms with E-state index in [9.17, 15) is 30.7 Å². The summed E-state index contributed by atoms with van der Waals surface area (Å²) in [6.45, 7) is 1.36. The number of unbranched alkanes of at least 4 members (excludes halogenated alkanes) is 3. The van der Waals surface area contributed by atoms with Crippen molar-refractivity contribution in [2.24, 2.45) is 0 Å². The molecule has 0 aliphatic heterocycles. The molecule has 0 aromatic carbocycles. The van der Waals surface area contributed by atoms with Crippen LogP contribution >= 0.6 is 0 Å². The summed E-state index contributed by atoms with van der Waals surface area (Å²) in [5, 5.41) is 0. The Labute approximate surface area is 105 Å². The molecule has 0 saturated heterocycles. The zero-order valence-corrected chi connectivity index (χ0v) is 10.1. The van der Waals surface area contributed by atoms with Gasteiger partial charge in [-0.15, -0.1) is 0 Å². The van der Waals surface area contributed by atoms with Crippen molar-refractivity contribution < 1.29 is 35.5 Å². The third kappa shape index (κ3) is 2.41. The molecule has 0 spiro atoms. The van der Waals surface area contributed by atoms with Crippen molar-refractivity contribution >= 4 is 0 Å². The van der Waals surface area contributed by atoms with Crippen LogP contribution in [0.4, 0.5) is 30.7 Å². The van der Waals surface area contributed by atoms with Crippen LogP contribution in [0.2, 0.25) is 0 Å². The molecule has 1 aliphatic carbocycles. The highest BCUT2D eigenvalue weighted by Gasteiger charge is 2.82. The molecule has 1 nitrogen and oxygen atoms in total. The number of hydrogen-bond acceptors (Lipinski definition) is 1. The fourth-order valence-corrected chi connectivity index (χ4v) is 1.62. The molecule has 0 unspecified atom stereocenters. The van der Waals surface area contributed by atoms with Gasteiger partial charge in [0.1, 0.15) is 0 Å². The van der Waals surface area contributed by atoms with Crippen LogP contribution in [-0.2, 0) is 4.74 Å². The standard InChI is InChI=1S/C11H13F7O/c1-2-3-4-5-6-19-8-7(12)9(13,14)11(17,18)10(8,15)16/h2-6H2,1H3. The predicted octanol–water partition coefficient (Wildman–Crippen LogP) is 4.68. The van der Waals surface area contributed by atoms with Gasteiger partial charge in [-0.3, -0.25) is 0 Å². The van der Waals surface area contributed by atoms with E-state index in [0.717, 1.165) is 12.8 Å². The average Bonchev–Trinajstić information content (AvgIpc) is 2.39. The van der Waals surface area contributed by atoms with Gasteiger partial charge < -0.3 is 4.74 Å². The van der Waals surface area contributed by atoms with Crippen molar-refractivity contribution in [1.29, 1.82) is 0 Å². The van der Waals surface area contributed by atoms with Gasteiger partial charge in [-0.05, 0) is 6.42 Å². The zero-order chi connectivity index (χ0) is 14.9. The van der Waals surface area contributed by atoms with Crippen LogP contribution in [0.1, 0.15) is 32.6 Å². The minimum atomic E-state index is -5.82. The first-order valence-corrected chi connectivity index (χ1v) is 5.77. The van der Waals surface area contributed by atoms with E-state index >= 15 is 0 Å². The van der Waals surface area contributed by atoms with E-state index in [0.29, 0.717) is 6.42 Å². The molecule has 0 saturated carbocycles. The summed E-state index contributed by atoms with van der Waals surface area (Å²) < 4.78 is 94.3. The smallest absolute Gasteiger partial charge is 0.386 e. The number of hydrogen-bond donors (Lipinski definition) is 0. The summed E-state index contributed by atoms with van der Waals surface area (Å²) in [4.78, 5) is 0. The van der Waals surface area contributed by atoms with Gasteiger partial charge in [0, 0.05) is 0 Å². The molecule has 19 heavy (non-hydrogen) atoms. The molecule has 0 aromatic heterocycles. The van der Waals surface area contributed by atoms with Crippen LogP contribution in [-0.4, -0.2) is 24.4 Å². The zero-order valence-electron chi connectivity index (χ0n) is 10.1. The Morgan fingerprint density at radius 3 is 1.89 bits per heavy atom. The van der Waals surface area contributed by atoms with Gasteiger partial charge in [0.25, 0.3) is 0 Å². The normalized spacial score (nSPS) is 23.8. The van der Waals surface area contributed by atoms with Gasteiger partial charge in [-0.1, -0.05) is 26.2 Å². The summed E-state index contributed by atoms with van der Waals surface area (Å²) in [6, 6.07) is 0. The van der Waals surface area contributed by atoms with E-state index in [1.54, 1.807) is 0 Å². The van der Waals surface area contributed by atoms with Gasteiger partial charge in [-0.25, -0.2) is 4.39 Å². The van der Waals surface area contributed by atoms with E-state index in [1.165, 1.54) is 0 Å². The van der Waals surface area contributed by atoms with Crippen LogP contribution in [0.25, 0.3) is 0 Å². The minimum absolute atomic E-state index is 0.192. The first kappa shape index (κ1) is 16.1. The number of alkyl halides is 6. The Hall–Kier alpha value is -0.950. The Bertz CT molecular complexity index is 362. The van der Waals surface area contributed by atoms with Gasteiger partial charge >= 0.3 is 17.8 Å². The monoisotopic (exact) mass is 294 g/mol. The molecule has 0 bridgehead atoms. The number of rotatable bonds is 6. The molecule has 0 radical (unpaired) electrons. The molecule has 112 valence electrons. The molecule has 8 heteroatoms. The fraction of sp³-hybridized carbons (Fsp3) is 0.818. The van der Waals surface area contributed by atoms with E-state index in [2.05, 4.69) is 4.74 Å². The molecule has 1 rings (SSSR count). The second-order valence-corrected chi connectivity index (χ2v) is 4.28. The average molecular weight is 294 g/mol. The molecular weight excluding hydrogens is 281 g/mol. The van der Waals surface area contributed by atoms with E-state index < -0.39 is 36.0 Å². The highest BCUT2D eigenvalue weighted by molar-refractivity contribution is 5.33. The molecular formula is C11H13F7O. The lowest BCUT2D eigenvalue weighted by atomic mass is 10.1. The third-order valence-electron chi connectivity index (χ3n) is 2.79. The van der Waals surface area contributed by atoms with Gasteiger partial charge in [-0.2, -0.15) is 26.3 Å². The van der Waals surface area contributed by atoms with E-state index in [4.69, 9.17) is 0 Å². The molecule has 0 N–H and O–H groups in total. The van der Waals surface area contributed by atoms with Gasteiger partial charge in [0.15, 0.2) is 0 Å². The summed E-state index contributed by atoms with van der Waals surface area (Å²) in [5.41, 5.74) is 0. The van der Waals surface area contributed by atoms with E-state index in [1.807, 2.05) is 6.92 Å². The van der Waals surface area contributed by atoms with Crippen LogP contribution in [0.3, 0.4) is 0 Å². The van der Waals surface area contributed by atoms with Crippen LogP contribution < -0.4 is 0 Å². The maximum atomic E-state index is 13.1. The lowest BCUT2D eigenvalue weighted by molar-refractivity contribution is -0.274. The number of allylic oxidation sites excluding steroid dienone is 2. The van der Waals surface area contributed by atoms with Crippen molar-refractivity contribution in [3.63, 3.8) is 0 Å². The Kier molecular flexibility index (Phi) is 4.41. The van der Waals surface area contributed by atoms with Crippen molar-refractivity contribution in [3.8, 4) is 0 Å². The second-order valence-electron chi connectivity index (χ2n) is 4.28. The van der Waals surface area contributed by atoms with Crippen molar-refractivity contribution in [3.05, 3.63) is 11.6 Å². The van der Waals surface area contributed by atoms with Gasteiger partial charge in [0.2, 0.25) is 11.6 Å². The fourth-order valence-electron chi connectivity index (χ4n) is 1.62. The lowest BCUT2D eigenvalue weighted by Crippen LogP contribution is -2.49. The van der Waals surface area contributed by atoms with Crippen molar-refractivity contribution in [2.75, 3.05) is 6.61 Å². The highest BCUT2D eigenvalue weighted by Crippen LogP contribution is 2.59. The third-order valence-corrected chi connectivity index (χ3v) is 2.79. The topological polar surface area (TPSA) is 9.23 Å². The molecule has 0 heterocycles. The Morgan fingerprint density at radius 1 is 0.895 bits per heavy atom. The van der Waals surface area contributed by atoms with Crippen LogP contribution in [0.5, 0.6) is 0 Å². The summed E-state index contributed by atoms with van der Waals surface area (Å²) in [5.74, 6) is -21.8.